The van der Waals surface area contributed by atoms with Crippen LogP contribution in [0.5, 0.6) is 0 Å². The van der Waals surface area contributed by atoms with Crippen molar-refractivity contribution >= 4 is 18.5 Å². The summed E-state index contributed by atoms with van der Waals surface area (Å²) in [7, 11) is -0.320. The van der Waals surface area contributed by atoms with Crippen molar-refractivity contribution in [3.8, 4) is 0 Å². The van der Waals surface area contributed by atoms with Gasteiger partial charge in [0.05, 0.1) is 0 Å². The molecule has 2 aromatic rings. The Hall–Kier alpha value is -1.21. The van der Waals surface area contributed by atoms with Crippen LogP contribution in [0.3, 0.4) is 0 Å². The quantitative estimate of drug-likeness (QED) is 0.565. The minimum atomic E-state index is -0.320. The lowest BCUT2D eigenvalue weighted by Crippen LogP contribution is -2.33. The molecular weight excluding hydrogens is 287 g/mol. The normalized spacial score (nSPS) is 11.3. The highest BCUT2D eigenvalue weighted by molar-refractivity contribution is 7.72. The van der Waals surface area contributed by atoms with E-state index < -0.39 is 0 Å². The topological polar surface area (TPSA) is 15.3 Å². The molecule has 2 nitrogen and oxygen atoms in total. The fraction of sp³-hybridized carbons (Fsp3) is 0.368. The van der Waals surface area contributed by atoms with E-state index >= 15 is 0 Å². The van der Waals surface area contributed by atoms with Crippen LogP contribution < -0.4 is 15.9 Å². The summed E-state index contributed by atoms with van der Waals surface area (Å²) in [5.41, 5.74) is 0. The van der Waals surface area contributed by atoms with Crippen molar-refractivity contribution in [1.82, 2.24) is 10.2 Å². The van der Waals surface area contributed by atoms with Crippen LogP contribution in [0.15, 0.2) is 60.7 Å². The van der Waals surface area contributed by atoms with Gasteiger partial charge in [-0.3, -0.25) is 0 Å². The molecule has 0 fully saturated rings. The third-order valence-electron chi connectivity index (χ3n) is 3.90. The van der Waals surface area contributed by atoms with Gasteiger partial charge in [-0.15, -0.1) is 0 Å². The van der Waals surface area contributed by atoms with E-state index in [1.165, 1.54) is 10.6 Å². The Morgan fingerprint density at radius 1 is 0.818 bits per heavy atom. The summed E-state index contributed by atoms with van der Waals surface area (Å²) in [6.45, 7) is 8.89. The summed E-state index contributed by atoms with van der Waals surface area (Å²) in [5, 5.41) is 6.56. The van der Waals surface area contributed by atoms with Crippen molar-refractivity contribution < 1.29 is 0 Å². The molecule has 0 radical (unpaired) electrons. The molecule has 1 N–H and O–H groups in total. The van der Waals surface area contributed by atoms with Crippen molar-refractivity contribution in [1.29, 1.82) is 0 Å². The van der Waals surface area contributed by atoms with E-state index in [1.54, 1.807) is 0 Å². The molecule has 2 aromatic carbocycles. The molecule has 0 bridgehead atoms. The van der Waals surface area contributed by atoms with E-state index in [0.29, 0.717) is 0 Å². The molecule has 0 saturated carbocycles. The Labute approximate surface area is 136 Å². The number of hydrogen-bond donors (Lipinski definition) is 1. The third kappa shape index (κ3) is 5.21. The summed E-state index contributed by atoms with van der Waals surface area (Å²) >= 11 is 0. The molecule has 0 atom stereocenters. The SMILES string of the molecule is CCN(CC)CCNCP(c1ccccc1)c1ccccc1. The molecule has 0 aliphatic carbocycles. The van der Waals surface area contributed by atoms with E-state index in [4.69, 9.17) is 0 Å². The minimum absolute atomic E-state index is 0.320. The monoisotopic (exact) mass is 314 g/mol. The molecule has 0 spiro atoms. The van der Waals surface area contributed by atoms with Gasteiger partial charge in [0, 0.05) is 19.4 Å². The lowest BCUT2D eigenvalue weighted by molar-refractivity contribution is 0.305. The smallest absolute Gasteiger partial charge is 0.0237 e. The largest absolute Gasteiger partial charge is 0.311 e. The van der Waals surface area contributed by atoms with Crippen LogP contribution in [0.1, 0.15) is 13.8 Å². The molecule has 118 valence electrons. The van der Waals surface area contributed by atoms with Gasteiger partial charge in [-0.1, -0.05) is 74.5 Å². The molecule has 3 heteroatoms. The second-order valence-corrected chi connectivity index (χ2v) is 7.49. The molecule has 0 aliphatic rings. The lowest BCUT2D eigenvalue weighted by Gasteiger charge is -2.22. The van der Waals surface area contributed by atoms with Gasteiger partial charge in [0.25, 0.3) is 0 Å². The summed E-state index contributed by atoms with van der Waals surface area (Å²) in [6.07, 6.45) is 1.05. The van der Waals surface area contributed by atoms with Gasteiger partial charge in [-0.05, 0) is 31.6 Å². The first-order valence-corrected chi connectivity index (χ1v) is 9.68. The molecule has 0 aromatic heterocycles. The molecule has 2 rings (SSSR count). The summed E-state index contributed by atoms with van der Waals surface area (Å²) in [4.78, 5) is 2.46. The summed E-state index contributed by atoms with van der Waals surface area (Å²) < 4.78 is 0. The number of benzene rings is 2. The minimum Gasteiger partial charge on any atom is -0.311 e. The Morgan fingerprint density at radius 2 is 1.32 bits per heavy atom. The van der Waals surface area contributed by atoms with Gasteiger partial charge in [0.1, 0.15) is 0 Å². The van der Waals surface area contributed by atoms with Crippen LogP contribution in [0.4, 0.5) is 0 Å². The third-order valence-corrected chi connectivity index (χ3v) is 6.29. The Balaban J connectivity index is 1.98. The van der Waals surface area contributed by atoms with Crippen LogP contribution in [-0.4, -0.2) is 37.4 Å². The van der Waals surface area contributed by atoms with Gasteiger partial charge in [-0.25, -0.2) is 0 Å². The number of nitrogens with one attached hydrogen (secondary N) is 1. The van der Waals surface area contributed by atoms with Gasteiger partial charge in [0.2, 0.25) is 0 Å². The second-order valence-electron chi connectivity index (χ2n) is 5.28. The highest BCUT2D eigenvalue weighted by Gasteiger charge is 2.12. The maximum atomic E-state index is 3.67. The van der Waals surface area contributed by atoms with Gasteiger partial charge in [-0.2, -0.15) is 0 Å². The Kier molecular flexibility index (Phi) is 7.59. The predicted molar refractivity (Wildman–Crippen MR) is 99.7 cm³/mol. The van der Waals surface area contributed by atoms with Crippen LogP contribution in [0.25, 0.3) is 0 Å². The molecule has 0 unspecified atom stereocenters. The maximum absolute atomic E-state index is 3.67. The number of rotatable bonds is 9. The molecule has 22 heavy (non-hydrogen) atoms. The summed E-state index contributed by atoms with van der Waals surface area (Å²) in [5.74, 6) is 0. The van der Waals surface area contributed by atoms with Crippen molar-refractivity contribution in [3.05, 3.63) is 60.7 Å². The Bertz CT molecular complexity index is 472. The van der Waals surface area contributed by atoms with E-state index in [2.05, 4.69) is 84.7 Å². The standard InChI is InChI=1S/C19H27N2P/c1-3-21(4-2)16-15-20-17-22(18-11-7-5-8-12-18)19-13-9-6-10-14-19/h5-14,20H,3-4,15-17H2,1-2H3. The van der Waals surface area contributed by atoms with Crippen LogP contribution in [-0.2, 0) is 0 Å². The van der Waals surface area contributed by atoms with Gasteiger partial charge in [0.15, 0.2) is 0 Å². The van der Waals surface area contributed by atoms with E-state index in [-0.39, 0.29) is 7.92 Å². The van der Waals surface area contributed by atoms with Crippen molar-refractivity contribution in [2.24, 2.45) is 0 Å². The number of hydrogen-bond acceptors (Lipinski definition) is 2. The van der Waals surface area contributed by atoms with E-state index in [9.17, 15) is 0 Å². The first kappa shape index (κ1) is 17.1. The zero-order valence-corrected chi connectivity index (χ0v) is 14.6. The average molecular weight is 314 g/mol. The van der Waals surface area contributed by atoms with Crippen LogP contribution in [0, 0.1) is 0 Å². The average Bonchev–Trinajstić information content (AvgIpc) is 2.60. The first-order valence-electron chi connectivity index (χ1n) is 8.15. The van der Waals surface area contributed by atoms with E-state index in [0.717, 1.165) is 32.5 Å². The van der Waals surface area contributed by atoms with Crippen LogP contribution in [0.2, 0.25) is 0 Å². The zero-order valence-electron chi connectivity index (χ0n) is 13.7. The fourth-order valence-corrected chi connectivity index (χ4v) is 4.62. The highest BCUT2D eigenvalue weighted by atomic mass is 31.1. The zero-order chi connectivity index (χ0) is 15.6. The molecule has 0 heterocycles. The maximum Gasteiger partial charge on any atom is 0.0237 e. The van der Waals surface area contributed by atoms with Crippen LogP contribution >= 0.6 is 7.92 Å². The van der Waals surface area contributed by atoms with Crippen molar-refractivity contribution in [2.45, 2.75) is 13.8 Å². The highest BCUT2D eigenvalue weighted by Crippen LogP contribution is 2.31. The number of nitrogens with zero attached hydrogens (tertiary/aromatic N) is 1. The van der Waals surface area contributed by atoms with E-state index in [1.807, 2.05) is 0 Å². The second kappa shape index (κ2) is 9.74. The molecular formula is C19H27N2P. The van der Waals surface area contributed by atoms with Crippen molar-refractivity contribution in [3.63, 3.8) is 0 Å². The number of likely N-dealkylation sites (N-methyl/N-ethyl adjacent to an activating group) is 1. The summed E-state index contributed by atoms with van der Waals surface area (Å²) in [6, 6.07) is 21.8. The lowest BCUT2D eigenvalue weighted by atomic mass is 10.4. The van der Waals surface area contributed by atoms with Gasteiger partial charge < -0.3 is 10.2 Å². The van der Waals surface area contributed by atoms with Gasteiger partial charge >= 0.3 is 0 Å². The molecule has 0 aliphatic heterocycles. The predicted octanol–water partition coefficient (Wildman–Crippen LogP) is 3.01. The van der Waals surface area contributed by atoms with Crippen molar-refractivity contribution in [2.75, 3.05) is 32.5 Å². The first-order chi connectivity index (χ1) is 10.8. The Morgan fingerprint density at radius 3 is 1.77 bits per heavy atom. The molecule has 0 amide bonds. The fourth-order valence-electron chi connectivity index (χ4n) is 2.52. The molecule has 0 saturated heterocycles.